The standard InChI is InChI=1S/C14H15N.C6H3N3O7/c15-14-9-5-4-8-13(14)11-10-12-6-2-1-3-7-12;10-6-4(8(13)14)1-3(7(11)12)2-5(6)9(15)16/h1-9H,10-11,15H2;1-2,10H. The molecule has 0 atom stereocenters. The highest BCUT2D eigenvalue weighted by Crippen LogP contribution is 2.36. The van der Waals surface area contributed by atoms with Crippen LogP contribution in [-0.2, 0) is 12.8 Å². The summed E-state index contributed by atoms with van der Waals surface area (Å²) >= 11 is 0. The molecule has 0 radical (unpaired) electrons. The van der Waals surface area contributed by atoms with Crippen molar-refractivity contribution < 1.29 is 25.6 Å². The largest absolute Gasteiger partial charge is 0.863 e. The van der Waals surface area contributed by atoms with Crippen LogP contribution in [0.4, 0.5) is 22.7 Å². The van der Waals surface area contributed by atoms with Gasteiger partial charge in [-0.25, -0.2) is 0 Å². The Kier molecular flexibility index (Phi) is 7.69. The molecule has 0 unspecified atom stereocenters. The van der Waals surface area contributed by atoms with Crippen LogP contribution in [0.15, 0.2) is 66.7 Å². The molecule has 11 nitrogen and oxygen atoms in total. The van der Waals surface area contributed by atoms with E-state index in [-0.39, 0.29) is 0 Å². The monoisotopic (exact) mass is 426 g/mol. The minimum absolute atomic E-state index is 0.384. The van der Waals surface area contributed by atoms with Gasteiger partial charge in [-0.05, 0) is 24.5 Å². The molecule has 0 bridgehead atoms. The molecule has 31 heavy (non-hydrogen) atoms. The van der Waals surface area contributed by atoms with E-state index in [0.29, 0.717) is 12.1 Å². The highest BCUT2D eigenvalue weighted by atomic mass is 16.6. The van der Waals surface area contributed by atoms with Gasteiger partial charge in [0.05, 0.1) is 32.7 Å². The van der Waals surface area contributed by atoms with Gasteiger partial charge in [0, 0.05) is 5.56 Å². The van der Waals surface area contributed by atoms with E-state index in [1.165, 1.54) is 11.1 Å². The number of rotatable bonds is 6. The first-order valence-electron chi connectivity index (χ1n) is 8.92. The van der Waals surface area contributed by atoms with Crippen LogP contribution in [0.3, 0.4) is 0 Å². The van der Waals surface area contributed by atoms with Gasteiger partial charge in [0.15, 0.2) is 0 Å². The van der Waals surface area contributed by atoms with Crippen molar-refractivity contribution >= 4 is 22.7 Å². The van der Waals surface area contributed by atoms with Gasteiger partial charge in [-0.3, -0.25) is 30.3 Å². The second-order valence-electron chi connectivity index (χ2n) is 6.34. The fraction of sp³-hybridized carbons (Fsp3) is 0.100. The summed E-state index contributed by atoms with van der Waals surface area (Å²) < 4.78 is 0. The van der Waals surface area contributed by atoms with Gasteiger partial charge in [-0.15, -0.1) is 0 Å². The van der Waals surface area contributed by atoms with Gasteiger partial charge in [0.25, 0.3) is 17.1 Å². The van der Waals surface area contributed by atoms with Crippen molar-refractivity contribution in [1.29, 1.82) is 0 Å². The summed E-state index contributed by atoms with van der Waals surface area (Å²) in [5.41, 5.74) is 4.65. The maximum Gasteiger partial charge on any atom is 0.283 e. The van der Waals surface area contributed by atoms with E-state index >= 15 is 0 Å². The Morgan fingerprint density at radius 3 is 1.71 bits per heavy atom. The lowest BCUT2D eigenvalue weighted by Gasteiger charge is -2.06. The van der Waals surface area contributed by atoms with E-state index in [2.05, 4.69) is 54.3 Å². The molecule has 0 aliphatic carbocycles. The average molecular weight is 426 g/mol. The number of aryl methyl sites for hydroxylation is 2. The lowest BCUT2D eigenvalue weighted by molar-refractivity contribution is -0.420. The van der Waals surface area contributed by atoms with Crippen LogP contribution in [0, 0.1) is 30.3 Å². The van der Waals surface area contributed by atoms with Crippen molar-refractivity contribution in [2.45, 2.75) is 12.8 Å². The molecule has 160 valence electrons. The molecule has 0 spiro atoms. The predicted octanol–water partition coefficient (Wildman–Crippen LogP) is 2.83. The normalized spacial score (nSPS) is 9.97. The highest BCUT2D eigenvalue weighted by molar-refractivity contribution is 5.64. The lowest BCUT2D eigenvalue weighted by atomic mass is 10.0. The summed E-state index contributed by atoms with van der Waals surface area (Å²) in [5.74, 6) is -1.46. The molecule has 0 aromatic heterocycles. The van der Waals surface area contributed by atoms with Crippen molar-refractivity contribution in [2.24, 2.45) is 0 Å². The van der Waals surface area contributed by atoms with Crippen molar-refractivity contribution in [3.05, 3.63) is 108 Å². The summed E-state index contributed by atoms with van der Waals surface area (Å²) in [6.07, 6.45) is 2.16. The second-order valence-corrected chi connectivity index (χ2v) is 6.34. The van der Waals surface area contributed by atoms with Crippen LogP contribution in [0.5, 0.6) is 5.75 Å². The van der Waals surface area contributed by atoms with Crippen LogP contribution < -0.4 is 10.8 Å². The first-order chi connectivity index (χ1) is 14.7. The van der Waals surface area contributed by atoms with Gasteiger partial charge in [0.2, 0.25) is 0 Å². The van der Waals surface area contributed by atoms with Crippen molar-refractivity contribution in [3.8, 4) is 5.75 Å². The van der Waals surface area contributed by atoms with E-state index in [4.69, 9.17) is 0 Å². The Morgan fingerprint density at radius 1 is 0.710 bits per heavy atom. The zero-order valence-corrected chi connectivity index (χ0v) is 16.2. The Hall–Kier alpha value is -4.38. The van der Waals surface area contributed by atoms with Gasteiger partial charge in [-0.1, -0.05) is 48.5 Å². The van der Waals surface area contributed by atoms with E-state index < -0.39 is 37.6 Å². The topological polar surface area (TPSA) is 180 Å². The molecular weight excluding hydrogens is 408 g/mol. The summed E-state index contributed by atoms with van der Waals surface area (Å²) in [6.45, 7) is 0. The van der Waals surface area contributed by atoms with E-state index in [1.54, 1.807) is 0 Å². The summed E-state index contributed by atoms with van der Waals surface area (Å²) in [7, 11) is 0. The number of nitro benzene ring substituents is 3. The number of benzene rings is 3. The van der Waals surface area contributed by atoms with E-state index in [0.717, 1.165) is 18.5 Å². The van der Waals surface area contributed by atoms with Crippen LogP contribution in [0.25, 0.3) is 0 Å². The average Bonchev–Trinajstić information content (AvgIpc) is 2.74. The third-order valence-electron chi connectivity index (χ3n) is 4.28. The molecule has 0 aliphatic heterocycles. The van der Waals surface area contributed by atoms with Gasteiger partial charge in [-0.2, -0.15) is 0 Å². The Bertz CT molecular complexity index is 1070. The number of non-ortho nitro benzene ring substituents is 1. The lowest BCUT2D eigenvalue weighted by Crippen LogP contribution is -2.41. The summed E-state index contributed by atoms with van der Waals surface area (Å²) in [6, 6.07) is 19.7. The summed E-state index contributed by atoms with van der Waals surface area (Å²) in [4.78, 5) is 27.5. The number of hydrogen-bond donors (Lipinski definition) is 1. The molecule has 3 aromatic carbocycles. The highest BCUT2D eigenvalue weighted by Gasteiger charge is 2.24. The number of nitro groups is 3. The van der Waals surface area contributed by atoms with Gasteiger partial charge >= 0.3 is 0 Å². The molecule has 0 heterocycles. The predicted molar refractivity (Wildman–Crippen MR) is 109 cm³/mol. The molecule has 0 aliphatic rings. The van der Waals surface area contributed by atoms with Crippen molar-refractivity contribution in [2.75, 3.05) is 0 Å². The number of quaternary nitrogens is 1. The van der Waals surface area contributed by atoms with Gasteiger partial charge in [0.1, 0.15) is 5.69 Å². The van der Waals surface area contributed by atoms with Crippen LogP contribution in [0.2, 0.25) is 0 Å². The van der Waals surface area contributed by atoms with E-state index in [1.807, 2.05) is 6.07 Å². The number of hydrogen-bond acceptors (Lipinski definition) is 7. The third-order valence-corrected chi connectivity index (χ3v) is 4.28. The Balaban J connectivity index is 0.000000220. The smallest absolute Gasteiger partial charge is 0.283 e. The molecule has 0 amide bonds. The molecule has 11 heteroatoms. The van der Waals surface area contributed by atoms with Crippen LogP contribution in [-0.4, -0.2) is 14.8 Å². The molecule has 0 fully saturated rings. The first kappa shape index (κ1) is 22.9. The zero-order valence-electron chi connectivity index (χ0n) is 16.2. The maximum atomic E-state index is 11.1. The fourth-order valence-corrected chi connectivity index (χ4v) is 2.69. The van der Waals surface area contributed by atoms with Crippen molar-refractivity contribution in [1.82, 2.24) is 0 Å². The first-order valence-corrected chi connectivity index (χ1v) is 8.92. The quantitative estimate of drug-likeness (QED) is 0.464. The Morgan fingerprint density at radius 2 is 1.23 bits per heavy atom. The van der Waals surface area contributed by atoms with Gasteiger partial charge < -0.3 is 10.8 Å². The second kappa shape index (κ2) is 10.4. The minimum atomic E-state index is -1.46. The third kappa shape index (κ3) is 6.30. The van der Waals surface area contributed by atoms with Crippen molar-refractivity contribution in [3.63, 3.8) is 0 Å². The minimum Gasteiger partial charge on any atom is -0.863 e. The molecule has 3 aromatic rings. The maximum absolute atomic E-state index is 11.1. The number of nitrogens with zero attached hydrogens (tertiary/aromatic N) is 3. The summed E-state index contributed by atoms with van der Waals surface area (Å²) in [5, 5.41) is 42.1. The zero-order chi connectivity index (χ0) is 23.0. The SMILES string of the molecule is O=[N+]([O-])c1cc([N+](=O)[O-])c([O-])c([N+](=O)[O-])c1.[NH3+]c1ccccc1CCc1ccccc1. The van der Waals surface area contributed by atoms with Crippen LogP contribution >= 0.6 is 0 Å². The molecule has 0 saturated heterocycles. The molecule has 3 rings (SSSR count). The fourth-order valence-electron chi connectivity index (χ4n) is 2.69. The molecular formula is C20H18N4O7. The van der Waals surface area contributed by atoms with Crippen LogP contribution in [0.1, 0.15) is 11.1 Å². The Labute approximate surface area is 175 Å². The molecule has 0 saturated carbocycles. The van der Waals surface area contributed by atoms with E-state index in [9.17, 15) is 35.4 Å². The molecule has 3 N–H and O–H groups in total.